The molecule has 5 rings (SSSR count). The third-order valence-corrected chi connectivity index (χ3v) is 9.56. The summed E-state index contributed by atoms with van der Waals surface area (Å²) < 4.78 is 34.2. The van der Waals surface area contributed by atoms with Gasteiger partial charge in [-0.3, -0.25) is 0 Å². The Hall–Kier alpha value is -3.01. The zero-order chi connectivity index (χ0) is 28.3. The molecule has 2 nitrogen and oxygen atoms in total. The van der Waals surface area contributed by atoms with Crippen molar-refractivity contribution in [1.29, 1.82) is 0 Å². The van der Waals surface area contributed by atoms with E-state index >= 15 is 4.39 Å². The van der Waals surface area contributed by atoms with Crippen molar-refractivity contribution in [2.75, 3.05) is 0 Å². The number of halogens is 2. The second-order valence-electron chi connectivity index (χ2n) is 12.7. The first-order chi connectivity index (χ1) is 18.4. The number of imidazole rings is 1. The topological polar surface area (TPSA) is 8.81 Å². The predicted octanol–water partition coefficient (Wildman–Crippen LogP) is 9.35. The van der Waals surface area contributed by atoms with Gasteiger partial charge in [-0.1, -0.05) is 72.7 Å². The number of benzene rings is 3. The van der Waals surface area contributed by atoms with Crippen LogP contribution < -0.4 is 4.57 Å². The van der Waals surface area contributed by atoms with Crippen molar-refractivity contribution in [3.05, 3.63) is 82.4 Å². The Bertz CT molecular complexity index is 1490. The van der Waals surface area contributed by atoms with Gasteiger partial charge in [0.1, 0.15) is 22.9 Å². The highest BCUT2D eigenvalue weighted by Crippen LogP contribution is 2.49. The third kappa shape index (κ3) is 4.50. The number of hydrogen-bond acceptors (Lipinski definition) is 0. The largest absolute Gasteiger partial charge is 0.298 e. The minimum Gasteiger partial charge on any atom is -0.225 e. The van der Waals surface area contributed by atoms with Crippen molar-refractivity contribution in [3.8, 4) is 17.1 Å². The lowest BCUT2D eigenvalue weighted by Crippen LogP contribution is -2.31. The molecule has 4 aromatic rings. The molecule has 0 spiro atoms. The van der Waals surface area contributed by atoms with Crippen molar-refractivity contribution < 1.29 is 13.3 Å². The molecule has 206 valence electrons. The van der Waals surface area contributed by atoms with Crippen molar-refractivity contribution in [3.63, 3.8) is 0 Å². The lowest BCUT2D eigenvalue weighted by Gasteiger charge is -2.25. The van der Waals surface area contributed by atoms with Gasteiger partial charge < -0.3 is 0 Å². The Morgan fingerprint density at radius 2 is 1.49 bits per heavy atom. The molecule has 39 heavy (non-hydrogen) atoms. The van der Waals surface area contributed by atoms with Crippen LogP contribution in [0.15, 0.2) is 48.5 Å². The molecule has 0 saturated heterocycles. The number of aromatic nitrogens is 2. The summed E-state index contributed by atoms with van der Waals surface area (Å²) in [5.41, 5.74) is 8.17. The van der Waals surface area contributed by atoms with Crippen LogP contribution in [0.4, 0.5) is 8.78 Å². The highest BCUT2D eigenvalue weighted by atomic mass is 19.1. The number of nitrogens with zero attached hydrogens (tertiary/aromatic N) is 2. The molecule has 1 aromatic heterocycles. The van der Waals surface area contributed by atoms with E-state index in [9.17, 15) is 4.39 Å². The van der Waals surface area contributed by atoms with Gasteiger partial charge in [0.05, 0.1) is 7.05 Å². The first-order valence-corrected chi connectivity index (χ1v) is 14.6. The minimum atomic E-state index is -0.553. The lowest BCUT2D eigenvalue weighted by molar-refractivity contribution is -0.633. The van der Waals surface area contributed by atoms with Crippen LogP contribution in [0, 0.1) is 36.3 Å². The van der Waals surface area contributed by atoms with Gasteiger partial charge in [0.2, 0.25) is 0 Å². The van der Waals surface area contributed by atoms with E-state index in [4.69, 9.17) is 0 Å². The number of aryl methyl sites for hydroxylation is 2. The first kappa shape index (κ1) is 27.6. The average molecular weight is 530 g/mol. The lowest BCUT2D eigenvalue weighted by atomic mass is 9.82. The highest BCUT2D eigenvalue weighted by Gasteiger charge is 2.38. The quantitative estimate of drug-likeness (QED) is 0.228. The summed E-state index contributed by atoms with van der Waals surface area (Å²) in [7, 11) is 1.98. The van der Waals surface area contributed by atoms with Crippen LogP contribution in [0.5, 0.6) is 0 Å². The maximum absolute atomic E-state index is 15.6. The van der Waals surface area contributed by atoms with Crippen LogP contribution in [0.3, 0.4) is 0 Å². The number of para-hydroxylation sites is 2. The van der Waals surface area contributed by atoms with Crippen LogP contribution >= 0.6 is 0 Å². The second-order valence-corrected chi connectivity index (χ2v) is 12.7. The first-order valence-electron chi connectivity index (χ1n) is 14.6. The zero-order valence-corrected chi connectivity index (χ0v) is 24.9. The summed E-state index contributed by atoms with van der Waals surface area (Å²) in [6.45, 7) is 18.0. The van der Waals surface area contributed by atoms with Gasteiger partial charge in [-0.15, -0.1) is 0 Å². The Balaban J connectivity index is 1.90. The second kappa shape index (κ2) is 10.2. The van der Waals surface area contributed by atoms with Gasteiger partial charge in [-0.05, 0) is 78.2 Å². The van der Waals surface area contributed by atoms with E-state index in [-0.39, 0.29) is 11.8 Å². The molecule has 0 radical (unpaired) electrons. The molecule has 1 aliphatic rings. The molecule has 4 heteroatoms. The summed E-state index contributed by atoms with van der Waals surface area (Å²) in [6, 6.07) is 15.5. The fourth-order valence-corrected chi connectivity index (χ4v) is 7.02. The van der Waals surface area contributed by atoms with Crippen LogP contribution in [0.1, 0.15) is 94.9 Å². The van der Waals surface area contributed by atoms with Gasteiger partial charge in [0, 0.05) is 17.2 Å². The number of rotatable bonds is 5. The Labute approximate surface area is 232 Å². The minimum absolute atomic E-state index is 0.266. The summed E-state index contributed by atoms with van der Waals surface area (Å²) >= 11 is 0. The van der Waals surface area contributed by atoms with E-state index in [1.54, 1.807) is 6.92 Å². The fourth-order valence-electron chi connectivity index (χ4n) is 7.02. The molecule has 0 bridgehead atoms. The summed E-state index contributed by atoms with van der Waals surface area (Å²) in [6.07, 6.45) is 1.21. The van der Waals surface area contributed by atoms with Crippen LogP contribution in [-0.4, -0.2) is 4.57 Å². The molecule has 0 amide bonds. The third-order valence-electron chi connectivity index (χ3n) is 9.56. The fraction of sp³-hybridized carbons (Fsp3) is 0.457. The van der Waals surface area contributed by atoms with Crippen molar-refractivity contribution in [2.24, 2.45) is 24.8 Å². The van der Waals surface area contributed by atoms with Crippen molar-refractivity contribution >= 4 is 11.0 Å². The monoisotopic (exact) mass is 529 g/mol. The summed E-state index contributed by atoms with van der Waals surface area (Å²) in [5.74, 6) is 2.74. The van der Waals surface area contributed by atoms with E-state index in [0.717, 1.165) is 28.6 Å². The predicted molar refractivity (Wildman–Crippen MR) is 158 cm³/mol. The molecule has 4 atom stereocenters. The number of hydrogen-bond donors (Lipinski definition) is 0. The normalized spacial score (nSPS) is 21.6. The molecule has 4 unspecified atom stereocenters. The van der Waals surface area contributed by atoms with Gasteiger partial charge in [0.25, 0.3) is 5.82 Å². The SMILES string of the molecule is Cc1cc(F)cc(F)c1-c1n(-c2c(C(C)C)cc(C3CC(C)C(C)C3C)cc2C(C)C)c2ccccc2[n+]1C. The molecule has 1 saturated carbocycles. The molecule has 0 aliphatic heterocycles. The molecule has 1 aliphatic carbocycles. The summed E-state index contributed by atoms with van der Waals surface area (Å²) in [5, 5.41) is 0. The van der Waals surface area contributed by atoms with Crippen molar-refractivity contribution in [1.82, 2.24) is 4.57 Å². The van der Waals surface area contributed by atoms with E-state index < -0.39 is 11.6 Å². The smallest absolute Gasteiger partial charge is 0.225 e. The summed E-state index contributed by atoms with van der Waals surface area (Å²) in [4.78, 5) is 0. The molecule has 0 N–H and O–H groups in total. The van der Waals surface area contributed by atoms with Crippen molar-refractivity contribution in [2.45, 2.75) is 79.6 Å². The maximum Gasteiger partial charge on any atom is 0.298 e. The van der Waals surface area contributed by atoms with E-state index in [0.29, 0.717) is 34.8 Å². The van der Waals surface area contributed by atoms with E-state index in [2.05, 4.69) is 81.9 Å². The molecular weight excluding hydrogens is 486 g/mol. The van der Waals surface area contributed by atoms with Gasteiger partial charge in [0.15, 0.2) is 11.0 Å². The zero-order valence-electron chi connectivity index (χ0n) is 24.9. The maximum atomic E-state index is 15.6. The van der Waals surface area contributed by atoms with Crippen LogP contribution in [0.2, 0.25) is 0 Å². The standard InChI is InChI=1S/C35H43F2N2/c1-19(2)27-16-25(29-15-21(5)23(7)24(29)8)17-28(20(3)4)34(27)39-32-13-11-10-12-31(32)38(9)35(39)33-22(6)14-26(36)18-30(33)37/h10-14,16-21,23-24,29H,15H2,1-9H3/q+1. The van der Waals surface area contributed by atoms with E-state index in [1.165, 1.54) is 29.2 Å². The highest BCUT2D eigenvalue weighted by molar-refractivity contribution is 5.81. The molecule has 1 heterocycles. The number of fused-ring (bicyclic) bond motifs is 1. The van der Waals surface area contributed by atoms with E-state index in [1.807, 2.05) is 19.2 Å². The van der Waals surface area contributed by atoms with Gasteiger partial charge in [-0.25, -0.2) is 13.3 Å². The molecule has 1 fully saturated rings. The Morgan fingerprint density at radius 1 is 0.872 bits per heavy atom. The van der Waals surface area contributed by atoms with Crippen LogP contribution in [0.25, 0.3) is 28.1 Å². The molecular formula is C35H43F2N2+. The molecule has 3 aromatic carbocycles. The van der Waals surface area contributed by atoms with Gasteiger partial charge in [-0.2, -0.15) is 4.57 Å². The Kier molecular flexibility index (Phi) is 7.20. The Morgan fingerprint density at radius 3 is 2.03 bits per heavy atom. The van der Waals surface area contributed by atoms with Crippen LogP contribution in [-0.2, 0) is 7.05 Å². The van der Waals surface area contributed by atoms with Gasteiger partial charge >= 0.3 is 0 Å². The average Bonchev–Trinajstić information content (AvgIpc) is 3.30.